The summed E-state index contributed by atoms with van der Waals surface area (Å²) < 4.78 is 15.9. The van der Waals surface area contributed by atoms with E-state index in [0.29, 0.717) is 17.3 Å². The zero-order valence-electron chi connectivity index (χ0n) is 15.6. The first-order valence-corrected chi connectivity index (χ1v) is 10.2. The summed E-state index contributed by atoms with van der Waals surface area (Å²) in [4.78, 5) is 14.6. The standard InChI is InChI=1S/C21H21FN4OS/c1-15-6-8-18(9-7-15)26-14-23-24-21(26)28-13-20(27)25(17-10-11-17)12-16-4-2-3-5-19(16)22/h2-9,14,17H,10-13H2,1H3. The molecule has 144 valence electrons. The Labute approximate surface area is 167 Å². The number of amides is 1. The van der Waals surface area contributed by atoms with Gasteiger partial charge in [0.2, 0.25) is 5.91 Å². The molecule has 28 heavy (non-hydrogen) atoms. The third-order valence-corrected chi connectivity index (χ3v) is 5.69. The van der Waals surface area contributed by atoms with Crippen molar-refractivity contribution in [2.75, 3.05) is 5.75 Å². The fourth-order valence-corrected chi connectivity index (χ4v) is 3.85. The Kier molecular flexibility index (Phi) is 5.43. The monoisotopic (exact) mass is 396 g/mol. The second-order valence-electron chi connectivity index (χ2n) is 6.95. The summed E-state index contributed by atoms with van der Waals surface area (Å²) in [6.45, 7) is 2.34. The van der Waals surface area contributed by atoms with Gasteiger partial charge in [-0.05, 0) is 38.0 Å². The zero-order valence-corrected chi connectivity index (χ0v) is 16.4. The van der Waals surface area contributed by atoms with Crippen LogP contribution in [-0.2, 0) is 11.3 Å². The van der Waals surface area contributed by atoms with E-state index < -0.39 is 0 Å². The molecule has 3 aromatic rings. The van der Waals surface area contributed by atoms with Crippen LogP contribution in [0.3, 0.4) is 0 Å². The van der Waals surface area contributed by atoms with Gasteiger partial charge in [-0.3, -0.25) is 9.36 Å². The van der Waals surface area contributed by atoms with Gasteiger partial charge in [-0.2, -0.15) is 0 Å². The highest BCUT2D eigenvalue weighted by molar-refractivity contribution is 7.99. The van der Waals surface area contributed by atoms with Gasteiger partial charge in [0.15, 0.2) is 5.16 Å². The summed E-state index contributed by atoms with van der Waals surface area (Å²) in [6.07, 6.45) is 3.60. The number of rotatable bonds is 7. The highest BCUT2D eigenvalue weighted by Crippen LogP contribution is 2.30. The molecular weight excluding hydrogens is 375 g/mol. The number of halogens is 1. The average Bonchev–Trinajstić information content (AvgIpc) is 3.43. The van der Waals surface area contributed by atoms with E-state index in [1.54, 1.807) is 29.4 Å². The molecule has 1 heterocycles. The van der Waals surface area contributed by atoms with Crippen molar-refractivity contribution in [3.05, 3.63) is 71.8 Å². The van der Waals surface area contributed by atoms with Gasteiger partial charge in [-0.15, -0.1) is 10.2 Å². The first-order valence-electron chi connectivity index (χ1n) is 9.24. The molecule has 0 N–H and O–H groups in total. The highest BCUT2D eigenvalue weighted by atomic mass is 32.2. The fraction of sp³-hybridized carbons (Fsp3) is 0.286. The largest absolute Gasteiger partial charge is 0.335 e. The average molecular weight is 396 g/mol. The summed E-state index contributed by atoms with van der Waals surface area (Å²) >= 11 is 1.35. The molecule has 0 radical (unpaired) electrons. The predicted molar refractivity (Wildman–Crippen MR) is 107 cm³/mol. The summed E-state index contributed by atoms with van der Waals surface area (Å²) in [5, 5.41) is 8.80. The normalized spacial score (nSPS) is 13.5. The van der Waals surface area contributed by atoms with Crippen LogP contribution in [-0.4, -0.2) is 37.4 Å². The van der Waals surface area contributed by atoms with Crippen LogP contribution < -0.4 is 0 Å². The molecule has 2 aromatic carbocycles. The van der Waals surface area contributed by atoms with Gasteiger partial charge in [0.25, 0.3) is 0 Å². The van der Waals surface area contributed by atoms with Crippen LogP contribution >= 0.6 is 11.8 Å². The molecule has 1 aliphatic carbocycles. The summed E-state index contributed by atoms with van der Waals surface area (Å²) in [5.41, 5.74) is 2.68. The Hall–Kier alpha value is -2.67. The lowest BCUT2D eigenvalue weighted by Gasteiger charge is -2.22. The van der Waals surface area contributed by atoms with E-state index in [4.69, 9.17) is 0 Å². The molecule has 1 saturated carbocycles. The second-order valence-corrected chi connectivity index (χ2v) is 7.89. The van der Waals surface area contributed by atoms with Gasteiger partial charge in [0.05, 0.1) is 5.75 Å². The van der Waals surface area contributed by atoms with Crippen molar-refractivity contribution in [2.24, 2.45) is 0 Å². The van der Waals surface area contributed by atoms with E-state index in [2.05, 4.69) is 10.2 Å². The SMILES string of the molecule is Cc1ccc(-n2cnnc2SCC(=O)N(Cc2ccccc2F)C2CC2)cc1. The minimum absolute atomic E-state index is 0.00536. The van der Waals surface area contributed by atoms with E-state index in [1.165, 1.54) is 23.4 Å². The van der Waals surface area contributed by atoms with Crippen LogP contribution in [0, 0.1) is 12.7 Å². The van der Waals surface area contributed by atoms with Crippen LogP contribution in [0.5, 0.6) is 0 Å². The van der Waals surface area contributed by atoms with E-state index in [0.717, 1.165) is 18.5 Å². The van der Waals surface area contributed by atoms with E-state index in [9.17, 15) is 9.18 Å². The molecule has 0 saturated heterocycles. The summed E-state index contributed by atoms with van der Waals surface area (Å²) in [6, 6.07) is 14.9. The van der Waals surface area contributed by atoms with Crippen LogP contribution in [0.2, 0.25) is 0 Å². The molecule has 1 aromatic heterocycles. The lowest BCUT2D eigenvalue weighted by atomic mass is 10.2. The number of hydrogen-bond donors (Lipinski definition) is 0. The second kappa shape index (κ2) is 8.14. The number of thioether (sulfide) groups is 1. The number of hydrogen-bond acceptors (Lipinski definition) is 4. The van der Waals surface area contributed by atoms with Gasteiger partial charge in [0, 0.05) is 23.8 Å². The summed E-state index contributed by atoms with van der Waals surface area (Å²) in [7, 11) is 0. The molecular formula is C21H21FN4OS. The number of benzene rings is 2. The molecule has 0 bridgehead atoms. The van der Waals surface area contributed by atoms with E-state index in [1.807, 2.05) is 35.8 Å². The number of nitrogens with zero attached hydrogens (tertiary/aromatic N) is 4. The molecule has 0 atom stereocenters. The molecule has 0 unspecified atom stereocenters. The molecule has 1 aliphatic rings. The van der Waals surface area contributed by atoms with Crippen molar-refractivity contribution in [3.8, 4) is 5.69 Å². The lowest BCUT2D eigenvalue weighted by Crippen LogP contribution is -2.34. The van der Waals surface area contributed by atoms with Crippen LogP contribution in [0.1, 0.15) is 24.0 Å². The van der Waals surface area contributed by atoms with Gasteiger partial charge in [-0.1, -0.05) is 47.7 Å². The third kappa shape index (κ3) is 4.25. The van der Waals surface area contributed by atoms with Crippen molar-refractivity contribution < 1.29 is 9.18 Å². The number of aryl methyl sites for hydroxylation is 1. The van der Waals surface area contributed by atoms with Crippen molar-refractivity contribution in [1.82, 2.24) is 19.7 Å². The van der Waals surface area contributed by atoms with Crippen LogP contribution in [0.25, 0.3) is 5.69 Å². The molecule has 0 aliphatic heterocycles. The zero-order chi connectivity index (χ0) is 19.5. The van der Waals surface area contributed by atoms with Gasteiger partial charge < -0.3 is 4.90 Å². The maximum atomic E-state index is 14.0. The Morgan fingerprint density at radius 3 is 2.68 bits per heavy atom. The predicted octanol–water partition coefficient (Wildman–Crippen LogP) is 4.00. The molecule has 1 fully saturated rings. The topological polar surface area (TPSA) is 51.0 Å². The van der Waals surface area contributed by atoms with E-state index in [-0.39, 0.29) is 23.5 Å². The maximum Gasteiger partial charge on any atom is 0.233 e. The van der Waals surface area contributed by atoms with Crippen LogP contribution in [0.15, 0.2) is 60.0 Å². The molecule has 7 heteroatoms. The van der Waals surface area contributed by atoms with Crippen molar-refractivity contribution in [1.29, 1.82) is 0 Å². The minimum Gasteiger partial charge on any atom is -0.335 e. The minimum atomic E-state index is -0.271. The molecule has 1 amide bonds. The van der Waals surface area contributed by atoms with E-state index >= 15 is 0 Å². The number of aromatic nitrogens is 3. The summed E-state index contributed by atoms with van der Waals surface area (Å²) in [5.74, 6) is -0.0305. The Bertz CT molecular complexity index is 969. The van der Waals surface area contributed by atoms with Crippen molar-refractivity contribution in [2.45, 2.75) is 37.5 Å². The quantitative estimate of drug-likeness (QED) is 0.567. The van der Waals surface area contributed by atoms with Gasteiger partial charge in [-0.25, -0.2) is 4.39 Å². The Morgan fingerprint density at radius 2 is 1.96 bits per heavy atom. The molecule has 4 rings (SSSR count). The lowest BCUT2D eigenvalue weighted by molar-refractivity contribution is -0.129. The number of carbonyl (C=O) groups is 1. The van der Waals surface area contributed by atoms with Crippen molar-refractivity contribution in [3.63, 3.8) is 0 Å². The van der Waals surface area contributed by atoms with Gasteiger partial charge >= 0.3 is 0 Å². The highest BCUT2D eigenvalue weighted by Gasteiger charge is 2.33. The first-order chi connectivity index (χ1) is 13.6. The molecule has 5 nitrogen and oxygen atoms in total. The van der Waals surface area contributed by atoms with Gasteiger partial charge in [0.1, 0.15) is 12.1 Å². The Balaban J connectivity index is 1.44. The Morgan fingerprint density at radius 1 is 1.21 bits per heavy atom. The van der Waals surface area contributed by atoms with Crippen molar-refractivity contribution >= 4 is 17.7 Å². The maximum absolute atomic E-state index is 14.0. The molecule has 0 spiro atoms. The van der Waals surface area contributed by atoms with Crippen LogP contribution in [0.4, 0.5) is 4.39 Å². The third-order valence-electron chi connectivity index (χ3n) is 4.76. The fourth-order valence-electron chi connectivity index (χ4n) is 3.03. The number of carbonyl (C=O) groups excluding carboxylic acids is 1. The first kappa shape index (κ1) is 18.7. The smallest absolute Gasteiger partial charge is 0.233 e.